The number of aromatic nitrogens is 4. The smallest absolute Gasteiger partial charge is 0.272 e. The lowest BCUT2D eigenvalue weighted by molar-refractivity contribution is 0.0674. The number of carbonyl (C=O) groups is 1. The Kier molecular flexibility index (Phi) is 4.45. The maximum atomic E-state index is 13.1. The Morgan fingerprint density at radius 2 is 1.97 bits per heavy atom. The number of aryl methyl sites for hydroxylation is 1. The quantitative estimate of drug-likeness (QED) is 0.685. The van der Waals surface area contributed by atoms with Crippen LogP contribution in [0.1, 0.15) is 53.5 Å². The lowest BCUT2D eigenvalue weighted by atomic mass is 9.96. The molecule has 4 heterocycles. The van der Waals surface area contributed by atoms with Crippen molar-refractivity contribution in [3.8, 4) is 0 Å². The molecule has 1 saturated carbocycles. The topological polar surface area (TPSA) is 72.5 Å². The average molecular weight is 391 g/mol. The number of hydrogen-bond donors (Lipinski definition) is 0. The van der Waals surface area contributed by atoms with E-state index in [1.54, 1.807) is 17.0 Å². The van der Waals surface area contributed by atoms with Gasteiger partial charge in [-0.2, -0.15) is 0 Å². The molecule has 1 aliphatic carbocycles. The van der Waals surface area contributed by atoms with Crippen molar-refractivity contribution in [1.82, 2.24) is 23.8 Å². The van der Waals surface area contributed by atoms with Crippen LogP contribution in [0.4, 0.5) is 0 Å². The van der Waals surface area contributed by atoms with E-state index >= 15 is 0 Å². The summed E-state index contributed by atoms with van der Waals surface area (Å²) in [6.45, 7) is 3.96. The lowest BCUT2D eigenvalue weighted by Gasteiger charge is -2.32. The summed E-state index contributed by atoms with van der Waals surface area (Å²) in [5.41, 5.74) is 3.19. The molecular formula is C22H25N5O2. The standard InChI is InChI=1S/C22H25N5O2/c1-15-21(27-9-3-2-4-19(27)24-15)22(29)25-10-7-16(8-11-25)13-26-14-23-18(12-20(26)28)17-5-6-17/h2-4,9,12,14,16-17H,5-8,10-11,13H2,1H3. The molecule has 1 aliphatic heterocycles. The molecule has 0 bridgehead atoms. The molecule has 1 saturated heterocycles. The van der Waals surface area contributed by atoms with Crippen molar-refractivity contribution in [2.75, 3.05) is 13.1 Å². The highest BCUT2D eigenvalue weighted by Crippen LogP contribution is 2.38. The third kappa shape index (κ3) is 3.45. The van der Waals surface area contributed by atoms with Gasteiger partial charge in [0.15, 0.2) is 0 Å². The first-order valence-corrected chi connectivity index (χ1v) is 10.4. The van der Waals surface area contributed by atoms with Gasteiger partial charge in [0.25, 0.3) is 11.5 Å². The molecule has 3 aromatic heterocycles. The Hall–Kier alpha value is -2.96. The van der Waals surface area contributed by atoms with Gasteiger partial charge in [-0.1, -0.05) is 6.07 Å². The van der Waals surface area contributed by atoms with Gasteiger partial charge in [0.1, 0.15) is 11.3 Å². The van der Waals surface area contributed by atoms with E-state index in [9.17, 15) is 9.59 Å². The molecule has 150 valence electrons. The molecule has 0 spiro atoms. The molecule has 0 aromatic carbocycles. The van der Waals surface area contributed by atoms with E-state index in [0.29, 0.717) is 37.2 Å². The number of hydrogen-bond acceptors (Lipinski definition) is 4. The fraction of sp³-hybridized carbons (Fsp3) is 0.455. The van der Waals surface area contributed by atoms with E-state index in [1.807, 2.05) is 40.6 Å². The van der Waals surface area contributed by atoms with Gasteiger partial charge in [-0.05, 0) is 50.7 Å². The van der Waals surface area contributed by atoms with Crippen molar-refractivity contribution in [1.29, 1.82) is 0 Å². The van der Waals surface area contributed by atoms with Crippen molar-refractivity contribution in [2.45, 2.75) is 45.1 Å². The maximum Gasteiger partial charge on any atom is 0.272 e. The van der Waals surface area contributed by atoms with Crippen LogP contribution in [0.5, 0.6) is 0 Å². The Morgan fingerprint density at radius 1 is 1.17 bits per heavy atom. The summed E-state index contributed by atoms with van der Waals surface area (Å²) >= 11 is 0. The van der Waals surface area contributed by atoms with Crippen molar-refractivity contribution in [3.63, 3.8) is 0 Å². The van der Waals surface area contributed by atoms with Crippen LogP contribution in [0.3, 0.4) is 0 Å². The largest absolute Gasteiger partial charge is 0.337 e. The first-order valence-electron chi connectivity index (χ1n) is 10.4. The number of likely N-dealkylation sites (tertiary alicyclic amines) is 1. The van der Waals surface area contributed by atoms with E-state index in [4.69, 9.17) is 0 Å². The molecule has 2 fully saturated rings. The molecule has 1 amide bonds. The van der Waals surface area contributed by atoms with Gasteiger partial charge in [-0.15, -0.1) is 0 Å². The third-order valence-corrected chi connectivity index (χ3v) is 6.16. The van der Waals surface area contributed by atoms with Crippen LogP contribution in [0.15, 0.2) is 41.6 Å². The van der Waals surface area contributed by atoms with Crippen LogP contribution in [0, 0.1) is 12.8 Å². The second-order valence-electron chi connectivity index (χ2n) is 8.29. The molecule has 5 rings (SSSR count). The van der Waals surface area contributed by atoms with E-state index in [1.165, 1.54) is 0 Å². The van der Waals surface area contributed by atoms with Crippen molar-refractivity contribution >= 4 is 11.6 Å². The van der Waals surface area contributed by atoms with Gasteiger partial charge in [0.2, 0.25) is 0 Å². The summed E-state index contributed by atoms with van der Waals surface area (Å²) in [6, 6.07) is 7.45. The van der Waals surface area contributed by atoms with E-state index < -0.39 is 0 Å². The molecule has 7 heteroatoms. The van der Waals surface area contributed by atoms with Crippen LogP contribution in [-0.4, -0.2) is 42.8 Å². The SMILES string of the molecule is Cc1nc2ccccn2c1C(=O)N1CCC(Cn2cnc(C3CC3)cc2=O)CC1. The zero-order valence-corrected chi connectivity index (χ0v) is 16.6. The molecule has 0 atom stereocenters. The molecular weight excluding hydrogens is 366 g/mol. The molecule has 0 unspecified atom stereocenters. The van der Waals surface area contributed by atoms with Gasteiger partial charge in [-0.3, -0.25) is 18.6 Å². The predicted molar refractivity (Wildman–Crippen MR) is 109 cm³/mol. The first kappa shape index (κ1) is 18.1. The minimum atomic E-state index is 0.0345. The van der Waals surface area contributed by atoms with Crippen molar-refractivity contribution in [2.24, 2.45) is 5.92 Å². The lowest BCUT2D eigenvalue weighted by Crippen LogP contribution is -2.40. The zero-order chi connectivity index (χ0) is 20.0. The van der Waals surface area contributed by atoms with E-state index in [-0.39, 0.29) is 11.5 Å². The summed E-state index contributed by atoms with van der Waals surface area (Å²) in [4.78, 5) is 36.4. The zero-order valence-electron chi connectivity index (χ0n) is 16.6. The van der Waals surface area contributed by atoms with Gasteiger partial charge in [0.05, 0.1) is 17.7 Å². The molecule has 0 N–H and O–H groups in total. The summed E-state index contributed by atoms with van der Waals surface area (Å²) in [5.74, 6) is 0.913. The first-order chi connectivity index (χ1) is 14.1. The highest BCUT2D eigenvalue weighted by molar-refractivity contribution is 5.94. The fourth-order valence-corrected chi connectivity index (χ4v) is 4.30. The minimum Gasteiger partial charge on any atom is -0.337 e. The van der Waals surface area contributed by atoms with Crippen LogP contribution < -0.4 is 5.56 Å². The van der Waals surface area contributed by atoms with Crippen molar-refractivity contribution in [3.05, 3.63) is 64.2 Å². The molecule has 2 aliphatic rings. The van der Waals surface area contributed by atoms with Gasteiger partial charge in [-0.25, -0.2) is 9.97 Å². The number of piperidine rings is 1. The van der Waals surface area contributed by atoms with Gasteiger partial charge < -0.3 is 4.90 Å². The molecule has 29 heavy (non-hydrogen) atoms. The summed E-state index contributed by atoms with van der Waals surface area (Å²) in [5, 5.41) is 0. The normalized spacial score (nSPS) is 17.8. The molecule has 3 aromatic rings. The Bertz CT molecular complexity index is 1120. The number of fused-ring (bicyclic) bond motifs is 1. The van der Waals surface area contributed by atoms with Gasteiger partial charge >= 0.3 is 0 Å². The van der Waals surface area contributed by atoms with Crippen molar-refractivity contribution < 1.29 is 4.79 Å². The number of rotatable bonds is 4. The molecule has 7 nitrogen and oxygen atoms in total. The van der Waals surface area contributed by atoms with Crippen LogP contribution in [-0.2, 0) is 6.54 Å². The third-order valence-electron chi connectivity index (χ3n) is 6.16. The monoisotopic (exact) mass is 391 g/mol. The second kappa shape index (κ2) is 7.13. The Balaban J connectivity index is 1.25. The summed E-state index contributed by atoms with van der Waals surface area (Å²) < 4.78 is 3.60. The average Bonchev–Trinajstić information content (AvgIpc) is 3.52. The van der Waals surface area contributed by atoms with E-state index in [0.717, 1.165) is 42.7 Å². The highest BCUT2D eigenvalue weighted by atomic mass is 16.2. The minimum absolute atomic E-state index is 0.0345. The van der Waals surface area contributed by atoms with Crippen LogP contribution in [0.25, 0.3) is 5.65 Å². The van der Waals surface area contributed by atoms with E-state index in [2.05, 4.69) is 9.97 Å². The maximum absolute atomic E-state index is 13.1. The number of imidazole rings is 1. The second-order valence-corrected chi connectivity index (χ2v) is 8.29. The summed E-state index contributed by atoms with van der Waals surface area (Å²) in [6.07, 6.45) is 7.66. The highest BCUT2D eigenvalue weighted by Gasteiger charge is 2.28. The van der Waals surface area contributed by atoms with Gasteiger partial charge in [0, 0.05) is 37.8 Å². The number of amides is 1. The predicted octanol–water partition coefficient (Wildman–Crippen LogP) is 2.63. The molecule has 0 radical (unpaired) electrons. The Labute approximate surface area is 169 Å². The summed E-state index contributed by atoms with van der Waals surface area (Å²) in [7, 11) is 0. The number of nitrogens with zero attached hydrogens (tertiary/aromatic N) is 5. The van der Waals surface area contributed by atoms with Crippen LogP contribution >= 0.6 is 0 Å². The Morgan fingerprint density at radius 3 is 2.69 bits per heavy atom. The number of carbonyl (C=O) groups excluding carboxylic acids is 1. The van der Waals surface area contributed by atoms with Crippen LogP contribution in [0.2, 0.25) is 0 Å². The number of pyridine rings is 1. The fourth-order valence-electron chi connectivity index (χ4n) is 4.30.